The van der Waals surface area contributed by atoms with Gasteiger partial charge in [0.15, 0.2) is 5.65 Å². The lowest BCUT2D eigenvalue weighted by molar-refractivity contribution is 0.720. The maximum Gasteiger partial charge on any atom is 0.264 e. The molecule has 6 heteroatoms. The van der Waals surface area contributed by atoms with Crippen LogP contribution in [-0.2, 0) is 13.6 Å². The maximum atomic E-state index is 12.0. The van der Waals surface area contributed by atoms with Crippen LogP contribution in [0.5, 0.6) is 0 Å². The summed E-state index contributed by atoms with van der Waals surface area (Å²) in [5.74, 6) is 0. The van der Waals surface area contributed by atoms with Crippen LogP contribution in [0.4, 0.5) is 0 Å². The zero-order chi connectivity index (χ0) is 11.7. The summed E-state index contributed by atoms with van der Waals surface area (Å²) in [4.78, 5) is 16.2. The second-order valence-electron chi connectivity index (χ2n) is 3.64. The van der Waals surface area contributed by atoms with Crippen LogP contribution in [0, 0.1) is 0 Å². The Kier molecular flexibility index (Phi) is 2.57. The molecule has 6 nitrogen and oxygen atoms in total. The van der Waals surface area contributed by atoms with Crippen LogP contribution < -0.4 is 11.3 Å². The standard InChI is InChI=1S/C10H13N5O/c1-7(3-11)5-15-6-12-9-8(10(15)16)4-13-14(9)2/h4,6H,1,3,5,11H2,2H3. The Bertz CT molecular complexity index is 595. The highest BCUT2D eigenvalue weighted by atomic mass is 16.1. The summed E-state index contributed by atoms with van der Waals surface area (Å²) in [5, 5.41) is 4.50. The van der Waals surface area contributed by atoms with E-state index in [1.165, 1.54) is 17.1 Å². The minimum Gasteiger partial charge on any atom is -0.327 e. The van der Waals surface area contributed by atoms with E-state index in [0.717, 1.165) is 5.57 Å². The molecule has 2 N–H and O–H groups in total. The molecular weight excluding hydrogens is 206 g/mol. The van der Waals surface area contributed by atoms with Gasteiger partial charge in [-0.1, -0.05) is 6.58 Å². The monoisotopic (exact) mass is 219 g/mol. The van der Waals surface area contributed by atoms with E-state index in [9.17, 15) is 4.79 Å². The van der Waals surface area contributed by atoms with Crippen molar-refractivity contribution < 1.29 is 0 Å². The molecule has 0 aliphatic heterocycles. The van der Waals surface area contributed by atoms with Crippen LogP contribution in [0.3, 0.4) is 0 Å². The highest BCUT2D eigenvalue weighted by Crippen LogP contribution is 2.03. The summed E-state index contributed by atoms with van der Waals surface area (Å²) in [5.41, 5.74) is 6.68. The fourth-order valence-electron chi connectivity index (χ4n) is 1.48. The van der Waals surface area contributed by atoms with Crippen molar-refractivity contribution >= 4 is 11.0 Å². The van der Waals surface area contributed by atoms with Crippen LogP contribution in [0.1, 0.15) is 0 Å². The average molecular weight is 219 g/mol. The van der Waals surface area contributed by atoms with Crippen LogP contribution in [0.15, 0.2) is 29.5 Å². The number of nitrogens with two attached hydrogens (primary N) is 1. The molecule has 0 unspecified atom stereocenters. The second kappa shape index (κ2) is 3.90. The van der Waals surface area contributed by atoms with E-state index in [1.54, 1.807) is 11.7 Å². The molecule has 2 heterocycles. The molecular formula is C10H13N5O. The molecule has 2 rings (SSSR count). The van der Waals surface area contributed by atoms with Crippen molar-refractivity contribution in [2.24, 2.45) is 12.8 Å². The molecule has 84 valence electrons. The third-order valence-electron chi connectivity index (χ3n) is 2.40. The molecule has 2 aromatic rings. The van der Waals surface area contributed by atoms with E-state index in [-0.39, 0.29) is 5.56 Å². The summed E-state index contributed by atoms with van der Waals surface area (Å²) in [6.07, 6.45) is 3.01. The van der Waals surface area contributed by atoms with Crippen molar-refractivity contribution in [1.82, 2.24) is 19.3 Å². The van der Waals surface area contributed by atoms with E-state index >= 15 is 0 Å². The van der Waals surface area contributed by atoms with E-state index in [0.29, 0.717) is 24.1 Å². The summed E-state index contributed by atoms with van der Waals surface area (Å²) in [6.45, 7) is 4.52. The maximum absolute atomic E-state index is 12.0. The summed E-state index contributed by atoms with van der Waals surface area (Å²) in [7, 11) is 1.75. The van der Waals surface area contributed by atoms with Gasteiger partial charge in [-0.3, -0.25) is 14.0 Å². The average Bonchev–Trinajstić information content (AvgIpc) is 2.65. The highest BCUT2D eigenvalue weighted by molar-refractivity contribution is 5.72. The first-order valence-corrected chi connectivity index (χ1v) is 4.87. The first kappa shape index (κ1) is 10.6. The number of fused-ring (bicyclic) bond motifs is 1. The van der Waals surface area contributed by atoms with Gasteiger partial charge in [0, 0.05) is 20.1 Å². The number of aryl methyl sites for hydroxylation is 1. The molecule has 0 atom stereocenters. The predicted octanol–water partition coefficient (Wildman–Crippen LogP) is -0.355. The van der Waals surface area contributed by atoms with Crippen LogP contribution in [0.25, 0.3) is 11.0 Å². The molecule has 16 heavy (non-hydrogen) atoms. The first-order valence-electron chi connectivity index (χ1n) is 4.87. The number of rotatable bonds is 3. The van der Waals surface area contributed by atoms with Gasteiger partial charge in [0.2, 0.25) is 0 Å². The lowest BCUT2D eigenvalue weighted by Crippen LogP contribution is -2.23. The normalized spacial score (nSPS) is 10.9. The molecule has 0 bridgehead atoms. The van der Waals surface area contributed by atoms with Gasteiger partial charge in [0.25, 0.3) is 5.56 Å². The van der Waals surface area contributed by atoms with Gasteiger partial charge in [-0.15, -0.1) is 0 Å². The smallest absolute Gasteiger partial charge is 0.264 e. The first-order chi connectivity index (χ1) is 7.63. The SMILES string of the molecule is C=C(CN)Cn1cnc2c(cnn2C)c1=O. The van der Waals surface area contributed by atoms with Gasteiger partial charge in [-0.2, -0.15) is 5.10 Å². The van der Waals surface area contributed by atoms with Crippen molar-refractivity contribution in [3.63, 3.8) is 0 Å². The second-order valence-corrected chi connectivity index (χ2v) is 3.64. The molecule has 0 amide bonds. The topological polar surface area (TPSA) is 78.7 Å². The highest BCUT2D eigenvalue weighted by Gasteiger charge is 2.07. The van der Waals surface area contributed by atoms with E-state index < -0.39 is 0 Å². The van der Waals surface area contributed by atoms with Crippen LogP contribution in [0.2, 0.25) is 0 Å². The number of hydrogen-bond donors (Lipinski definition) is 1. The van der Waals surface area contributed by atoms with Gasteiger partial charge in [-0.25, -0.2) is 4.98 Å². The lowest BCUT2D eigenvalue weighted by Gasteiger charge is -2.05. The van der Waals surface area contributed by atoms with Gasteiger partial charge in [0.1, 0.15) is 11.7 Å². The quantitative estimate of drug-likeness (QED) is 0.715. The van der Waals surface area contributed by atoms with Crippen LogP contribution in [-0.4, -0.2) is 25.9 Å². The Morgan fingerprint density at radius 3 is 3.06 bits per heavy atom. The molecule has 0 fully saturated rings. The largest absolute Gasteiger partial charge is 0.327 e. The van der Waals surface area contributed by atoms with E-state index in [2.05, 4.69) is 16.7 Å². The van der Waals surface area contributed by atoms with Gasteiger partial charge in [-0.05, 0) is 5.57 Å². The van der Waals surface area contributed by atoms with Gasteiger partial charge in [0.05, 0.1) is 6.20 Å². The molecule has 0 spiro atoms. The van der Waals surface area contributed by atoms with Crippen molar-refractivity contribution in [2.45, 2.75) is 6.54 Å². The molecule has 0 aliphatic rings. The number of hydrogen-bond acceptors (Lipinski definition) is 4. The van der Waals surface area contributed by atoms with Crippen molar-refractivity contribution in [3.05, 3.63) is 35.0 Å². The lowest BCUT2D eigenvalue weighted by atomic mass is 10.3. The Labute approximate surface area is 92.0 Å². The zero-order valence-corrected chi connectivity index (χ0v) is 9.05. The van der Waals surface area contributed by atoms with Crippen molar-refractivity contribution in [2.75, 3.05) is 6.54 Å². The molecule has 2 aromatic heterocycles. The Balaban J connectivity index is 2.53. The Morgan fingerprint density at radius 1 is 1.62 bits per heavy atom. The van der Waals surface area contributed by atoms with Crippen molar-refractivity contribution in [3.8, 4) is 0 Å². The molecule has 0 saturated carbocycles. The Hall–Kier alpha value is -1.95. The molecule has 0 radical (unpaired) electrons. The summed E-state index contributed by atoms with van der Waals surface area (Å²) in [6, 6.07) is 0. The number of nitrogens with zero attached hydrogens (tertiary/aromatic N) is 4. The number of aromatic nitrogens is 4. The minimum atomic E-state index is -0.118. The fraction of sp³-hybridized carbons (Fsp3) is 0.300. The van der Waals surface area contributed by atoms with Crippen molar-refractivity contribution in [1.29, 1.82) is 0 Å². The van der Waals surface area contributed by atoms with Crippen LogP contribution >= 0.6 is 0 Å². The Morgan fingerprint density at radius 2 is 2.38 bits per heavy atom. The predicted molar refractivity (Wildman–Crippen MR) is 61.0 cm³/mol. The third-order valence-corrected chi connectivity index (χ3v) is 2.40. The minimum absolute atomic E-state index is 0.118. The van der Waals surface area contributed by atoms with Gasteiger partial charge >= 0.3 is 0 Å². The third kappa shape index (κ3) is 1.63. The molecule has 0 aromatic carbocycles. The molecule has 0 aliphatic carbocycles. The van der Waals surface area contributed by atoms with Gasteiger partial charge < -0.3 is 5.73 Å². The van der Waals surface area contributed by atoms with E-state index in [1.807, 2.05) is 0 Å². The summed E-state index contributed by atoms with van der Waals surface area (Å²) >= 11 is 0. The fourth-order valence-corrected chi connectivity index (χ4v) is 1.48. The zero-order valence-electron chi connectivity index (χ0n) is 9.05. The molecule has 0 saturated heterocycles. The summed E-state index contributed by atoms with van der Waals surface area (Å²) < 4.78 is 3.05. The van der Waals surface area contributed by atoms with E-state index in [4.69, 9.17) is 5.73 Å².